The van der Waals surface area contributed by atoms with Crippen LogP contribution in [-0.2, 0) is 6.54 Å². The van der Waals surface area contributed by atoms with Crippen LogP contribution in [0.5, 0.6) is 0 Å². The van der Waals surface area contributed by atoms with E-state index in [1.165, 1.54) is 5.56 Å². The minimum Gasteiger partial charge on any atom is -0.322 e. The van der Waals surface area contributed by atoms with E-state index in [4.69, 9.17) is 5.26 Å². The predicted molar refractivity (Wildman–Crippen MR) is 69.9 cm³/mol. The average molecular weight is 290 g/mol. The molecule has 0 saturated heterocycles. The van der Waals surface area contributed by atoms with Crippen molar-refractivity contribution in [2.24, 2.45) is 0 Å². The third kappa shape index (κ3) is 2.75. The number of rotatable bonds is 4. The number of halogens is 1. The number of nitrogens with zero attached hydrogens (tertiary/aromatic N) is 3. The number of imidazole rings is 1. The Morgan fingerprint density at radius 1 is 1.35 bits per heavy atom. The number of aromatic nitrogens is 2. The van der Waals surface area contributed by atoms with Gasteiger partial charge < -0.3 is 4.57 Å². The normalized spacial score (nSPS) is 12.0. The van der Waals surface area contributed by atoms with Crippen LogP contribution < -0.4 is 0 Å². The highest BCUT2D eigenvalue weighted by Crippen LogP contribution is 2.20. The summed E-state index contributed by atoms with van der Waals surface area (Å²) >= 11 is 3.53. The van der Waals surface area contributed by atoms with Gasteiger partial charge in [0, 0.05) is 30.2 Å². The van der Waals surface area contributed by atoms with Crippen LogP contribution in [0.25, 0.3) is 0 Å². The zero-order valence-electron chi connectivity index (χ0n) is 9.25. The molecule has 2 aromatic rings. The molecule has 4 heteroatoms. The summed E-state index contributed by atoms with van der Waals surface area (Å²) in [6, 6.07) is 12.4. The highest BCUT2D eigenvalue weighted by atomic mass is 79.9. The SMILES string of the molecule is N#Cc1nccn1CC(CBr)c1ccccc1. The molecule has 0 fully saturated rings. The molecule has 0 radical (unpaired) electrons. The molecule has 0 amide bonds. The van der Waals surface area contributed by atoms with E-state index >= 15 is 0 Å². The largest absolute Gasteiger partial charge is 0.322 e. The lowest BCUT2D eigenvalue weighted by atomic mass is 10.0. The Balaban J connectivity index is 2.19. The van der Waals surface area contributed by atoms with Gasteiger partial charge in [-0.05, 0) is 5.56 Å². The molecule has 0 N–H and O–H groups in total. The smallest absolute Gasteiger partial charge is 0.212 e. The van der Waals surface area contributed by atoms with E-state index in [0.717, 1.165) is 11.9 Å². The first-order chi connectivity index (χ1) is 8.35. The molecule has 1 aromatic carbocycles. The summed E-state index contributed by atoms with van der Waals surface area (Å²) < 4.78 is 1.89. The predicted octanol–water partition coefficient (Wildman–Crippen LogP) is 2.93. The maximum Gasteiger partial charge on any atom is 0.212 e. The topological polar surface area (TPSA) is 41.6 Å². The standard InChI is InChI=1S/C13H12BrN3/c14-8-12(11-4-2-1-3-5-11)10-17-7-6-16-13(17)9-15/h1-7,12H,8,10H2. The third-order valence-electron chi connectivity index (χ3n) is 2.69. The lowest BCUT2D eigenvalue weighted by Gasteiger charge is -2.15. The Morgan fingerprint density at radius 2 is 2.12 bits per heavy atom. The van der Waals surface area contributed by atoms with Gasteiger partial charge in [-0.1, -0.05) is 46.3 Å². The van der Waals surface area contributed by atoms with Crippen molar-refractivity contribution in [2.75, 3.05) is 5.33 Å². The Kier molecular flexibility index (Phi) is 3.94. The third-order valence-corrected chi connectivity index (χ3v) is 3.47. The fourth-order valence-electron chi connectivity index (χ4n) is 1.78. The monoisotopic (exact) mass is 289 g/mol. The highest BCUT2D eigenvalue weighted by molar-refractivity contribution is 9.09. The average Bonchev–Trinajstić information content (AvgIpc) is 2.84. The molecule has 1 aromatic heterocycles. The maximum atomic E-state index is 8.92. The van der Waals surface area contributed by atoms with Crippen LogP contribution in [0.4, 0.5) is 0 Å². The molecule has 2 rings (SSSR count). The van der Waals surface area contributed by atoms with Gasteiger partial charge in [0.25, 0.3) is 0 Å². The van der Waals surface area contributed by atoms with Crippen LogP contribution >= 0.6 is 15.9 Å². The fourth-order valence-corrected chi connectivity index (χ4v) is 2.35. The summed E-state index contributed by atoms with van der Waals surface area (Å²) in [5, 5.41) is 9.78. The second-order valence-corrected chi connectivity index (χ2v) is 4.42. The summed E-state index contributed by atoms with van der Waals surface area (Å²) in [6.45, 7) is 0.762. The molecule has 3 nitrogen and oxygen atoms in total. The van der Waals surface area contributed by atoms with Crippen molar-refractivity contribution in [1.82, 2.24) is 9.55 Å². The van der Waals surface area contributed by atoms with E-state index in [1.54, 1.807) is 6.20 Å². The lowest BCUT2D eigenvalue weighted by Crippen LogP contribution is -2.11. The van der Waals surface area contributed by atoms with Crippen LogP contribution in [0, 0.1) is 11.3 Å². The van der Waals surface area contributed by atoms with Gasteiger partial charge >= 0.3 is 0 Å². The van der Waals surface area contributed by atoms with Crippen LogP contribution in [0.1, 0.15) is 17.3 Å². The van der Waals surface area contributed by atoms with Crippen molar-refractivity contribution in [3.05, 3.63) is 54.1 Å². The molecule has 1 heterocycles. The molecule has 17 heavy (non-hydrogen) atoms. The van der Waals surface area contributed by atoms with Crippen LogP contribution in [-0.4, -0.2) is 14.9 Å². The van der Waals surface area contributed by atoms with Crippen LogP contribution in [0.2, 0.25) is 0 Å². The Hall–Kier alpha value is -1.60. The van der Waals surface area contributed by atoms with E-state index < -0.39 is 0 Å². The highest BCUT2D eigenvalue weighted by Gasteiger charge is 2.12. The zero-order chi connectivity index (χ0) is 12.1. The van der Waals surface area contributed by atoms with Gasteiger partial charge in [0.15, 0.2) is 0 Å². The van der Waals surface area contributed by atoms with Crippen molar-refractivity contribution in [1.29, 1.82) is 5.26 Å². The summed E-state index contributed by atoms with van der Waals surface area (Å²) in [5.41, 5.74) is 1.27. The quantitative estimate of drug-likeness (QED) is 0.812. The minimum absolute atomic E-state index is 0.345. The van der Waals surface area contributed by atoms with Crippen molar-refractivity contribution < 1.29 is 0 Å². The van der Waals surface area contributed by atoms with Crippen molar-refractivity contribution in [3.8, 4) is 6.07 Å². The van der Waals surface area contributed by atoms with Crippen molar-refractivity contribution >= 4 is 15.9 Å². The van der Waals surface area contributed by atoms with Gasteiger partial charge in [-0.25, -0.2) is 4.98 Å². The lowest BCUT2D eigenvalue weighted by molar-refractivity contribution is 0.600. The molecular formula is C13H12BrN3. The molecule has 1 atom stereocenters. The second kappa shape index (κ2) is 5.65. The molecule has 0 saturated carbocycles. The number of alkyl halides is 1. The first kappa shape index (κ1) is 11.9. The summed E-state index contributed by atoms with van der Waals surface area (Å²) in [4.78, 5) is 4.00. The van der Waals surface area contributed by atoms with Gasteiger partial charge in [-0.2, -0.15) is 5.26 Å². The van der Waals surface area contributed by atoms with E-state index in [9.17, 15) is 0 Å². The Morgan fingerprint density at radius 3 is 2.76 bits per heavy atom. The first-order valence-corrected chi connectivity index (χ1v) is 6.49. The van der Waals surface area contributed by atoms with Crippen LogP contribution in [0.15, 0.2) is 42.7 Å². The van der Waals surface area contributed by atoms with Crippen molar-refractivity contribution in [2.45, 2.75) is 12.5 Å². The number of nitriles is 1. The Bertz CT molecular complexity index is 513. The zero-order valence-corrected chi connectivity index (χ0v) is 10.8. The first-order valence-electron chi connectivity index (χ1n) is 5.37. The molecule has 0 bridgehead atoms. The summed E-state index contributed by atoms with van der Waals surface area (Å²) in [6.07, 6.45) is 3.51. The van der Waals surface area contributed by atoms with Crippen molar-refractivity contribution in [3.63, 3.8) is 0 Å². The summed E-state index contributed by atoms with van der Waals surface area (Å²) in [7, 11) is 0. The van der Waals surface area contributed by atoms with E-state index in [1.807, 2.05) is 29.0 Å². The van der Waals surface area contributed by atoms with Gasteiger partial charge in [-0.3, -0.25) is 0 Å². The molecule has 0 aliphatic rings. The van der Waals surface area contributed by atoms with Gasteiger partial charge in [-0.15, -0.1) is 0 Å². The van der Waals surface area contributed by atoms with Gasteiger partial charge in [0.05, 0.1) is 0 Å². The summed E-state index contributed by atoms with van der Waals surface area (Å²) in [5.74, 6) is 0.810. The molecule has 1 unspecified atom stereocenters. The maximum absolute atomic E-state index is 8.92. The molecule has 86 valence electrons. The number of hydrogen-bond acceptors (Lipinski definition) is 2. The van der Waals surface area contributed by atoms with Gasteiger partial charge in [0.1, 0.15) is 6.07 Å². The molecule has 0 spiro atoms. The number of benzene rings is 1. The van der Waals surface area contributed by atoms with Crippen LogP contribution in [0.3, 0.4) is 0 Å². The minimum atomic E-state index is 0.345. The molecule has 0 aliphatic heterocycles. The van der Waals surface area contributed by atoms with E-state index in [2.05, 4.69) is 39.1 Å². The Labute approximate surface area is 109 Å². The van der Waals surface area contributed by atoms with Gasteiger partial charge in [0.2, 0.25) is 5.82 Å². The number of hydrogen-bond donors (Lipinski definition) is 0. The fraction of sp³-hybridized carbons (Fsp3) is 0.231. The molecular weight excluding hydrogens is 278 g/mol. The second-order valence-electron chi connectivity index (χ2n) is 3.78. The van der Waals surface area contributed by atoms with E-state index in [-0.39, 0.29) is 0 Å². The van der Waals surface area contributed by atoms with E-state index in [0.29, 0.717) is 11.7 Å². The molecule has 0 aliphatic carbocycles.